The maximum Gasteiger partial charge on any atom is 0.101 e. The van der Waals surface area contributed by atoms with Crippen LogP contribution in [0, 0.1) is 28.6 Å². The minimum absolute atomic E-state index is 0.202. The van der Waals surface area contributed by atoms with Gasteiger partial charge in [0.15, 0.2) is 0 Å². The number of thiol groups is 1. The average molecular weight is 428 g/mol. The summed E-state index contributed by atoms with van der Waals surface area (Å²) < 4.78 is 0. The molecule has 0 amide bonds. The monoisotopic (exact) mass is 427 g/mol. The van der Waals surface area contributed by atoms with Crippen LogP contribution < -0.4 is 0 Å². The summed E-state index contributed by atoms with van der Waals surface area (Å²) in [7, 11) is 1.76. The van der Waals surface area contributed by atoms with E-state index in [9.17, 15) is 5.26 Å². The zero-order valence-electron chi connectivity index (χ0n) is 16.6. The molecule has 0 aliphatic rings. The van der Waals surface area contributed by atoms with E-state index in [1.807, 2.05) is 35.7 Å². The van der Waals surface area contributed by atoms with Crippen LogP contribution >= 0.6 is 35.3 Å². The number of hydrogen-bond acceptors (Lipinski definition) is 6. The van der Waals surface area contributed by atoms with E-state index in [1.54, 1.807) is 36.6 Å². The molecule has 2 aromatic rings. The van der Waals surface area contributed by atoms with Gasteiger partial charge in [0.05, 0.1) is 11.3 Å². The van der Waals surface area contributed by atoms with Crippen molar-refractivity contribution in [3.8, 4) is 6.07 Å². The summed E-state index contributed by atoms with van der Waals surface area (Å²) in [5.41, 5.74) is 2.06. The Kier molecular flexibility index (Phi) is 8.43. The van der Waals surface area contributed by atoms with Crippen molar-refractivity contribution < 1.29 is 0 Å². The van der Waals surface area contributed by atoms with Gasteiger partial charge in [0.1, 0.15) is 6.07 Å². The van der Waals surface area contributed by atoms with E-state index in [4.69, 9.17) is 18.0 Å². The topological polar surface area (TPSA) is 60.0 Å². The maximum absolute atomic E-state index is 9.44. The quantitative estimate of drug-likeness (QED) is 0.268. The highest BCUT2D eigenvalue weighted by molar-refractivity contribution is 7.90. The fourth-order valence-corrected chi connectivity index (χ4v) is 5.19. The van der Waals surface area contributed by atoms with Crippen molar-refractivity contribution >= 4 is 63.3 Å². The fourth-order valence-electron chi connectivity index (χ4n) is 3.17. The SMILES string of the molecule is CCC(C(=NC)C(C)=N)C(C)/C=C(\S)c1ccc(/C=C(\C#N)c2cccs2)s1. The molecule has 2 rings (SSSR count). The Bertz CT molecular complexity index is 940. The van der Waals surface area contributed by atoms with E-state index in [1.165, 1.54) is 0 Å². The fraction of sp³-hybridized carbons (Fsp3) is 0.318. The molecular weight excluding hydrogens is 402 g/mol. The third-order valence-corrected chi connectivity index (χ3v) is 7.05. The second-order valence-corrected chi connectivity index (χ2v) is 9.05. The predicted molar refractivity (Wildman–Crippen MR) is 129 cm³/mol. The lowest BCUT2D eigenvalue weighted by atomic mass is 9.85. The molecule has 146 valence electrons. The molecule has 0 saturated heterocycles. The number of nitrogens with zero attached hydrogens (tertiary/aromatic N) is 2. The molecule has 0 aliphatic heterocycles. The Morgan fingerprint density at radius 2 is 2.11 bits per heavy atom. The first kappa shape index (κ1) is 22.4. The second-order valence-electron chi connectivity index (χ2n) is 6.51. The van der Waals surface area contributed by atoms with Crippen molar-refractivity contribution in [2.45, 2.75) is 27.2 Å². The van der Waals surface area contributed by atoms with Crippen molar-refractivity contribution in [1.29, 1.82) is 10.7 Å². The molecule has 1 N–H and O–H groups in total. The Morgan fingerprint density at radius 3 is 2.64 bits per heavy atom. The lowest BCUT2D eigenvalue weighted by Crippen LogP contribution is -2.26. The predicted octanol–water partition coefficient (Wildman–Crippen LogP) is 6.92. The Morgan fingerprint density at radius 1 is 1.36 bits per heavy atom. The Hall–Kier alpha value is -1.94. The molecule has 28 heavy (non-hydrogen) atoms. The summed E-state index contributed by atoms with van der Waals surface area (Å²) in [4.78, 5) is 8.34. The van der Waals surface area contributed by atoms with Gasteiger partial charge < -0.3 is 5.41 Å². The van der Waals surface area contributed by atoms with Gasteiger partial charge >= 0.3 is 0 Å². The van der Waals surface area contributed by atoms with Gasteiger partial charge in [0.2, 0.25) is 0 Å². The van der Waals surface area contributed by atoms with Gasteiger partial charge in [-0.25, -0.2) is 0 Å². The molecule has 2 heterocycles. The standard InChI is InChI=1S/C22H25N3S3/c1-5-18(22(25-4)15(3)24)14(2)11-19(26)21-9-8-17(28-21)12-16(13-23)20-7-6-10-27-20/h6-12,14,18,24,26H,5H2,1-4H3/b16-12+,19-11-,24-15?,25-22?. The lowest BCUT2D eigenvalue weighted by molar-refractivity contribution is 0.532. The van der Waals surface area contributed by atoms with Crippen molar-refractivity contribution in [3.05, 3.63) is 50.4 Å². The van der Waals surface area contributed by atoms with Gasteiger partial charge in [-0.15, -0.1) is 35.3 Å². The molecule has 2 atom stereocenters. The first-order valence-electron chi connectivity index (χ1n) is 9.10. The highest BCUT2D eigenvalue weighted by Gasteiger charge is 2.21. The first-order chi connectivity index (χ1) is 13.4. The number of allylic oxidation sites excluding steroid dienone is 2. The number of nitrogens with one attached hydrogen (secondary N) is 1. The van der Waals surface area contributed by atoms with Crippen LogP contribution in [0.3, 0.4) is 0 Å². The molecule has 6 heteroatoms. The largest absolute Gasteiger partial charge is 0.304 e. The summed E-state index contributed by atoms with van der Waals surface area (Å²) in [6.07, 6.45) is 5.00. The molecular formula is C22H25N3S3. The molecule has 0 bridgehead atoms. The molecule has 2 unspecified atom stereocenters. The third kappa shape index (κ3) is 5.54. The number of aliphatic imine (C=N–C) groups is 1. The zero-order chi connectivity index (χ0) is 20.7. The first-order valence-corrected chi connectivity index (χ1v) is 11.2. The molecule has 3 nitrogen and oxygen atoms in total. The normalized spacial score (nSPS) is 15.2. The van der Waals surface area contributed by atoms with Crippen molar-refractivity contribution in [1.82, 2.24) is 0 Å². The van der Waals surface area contributed by atoms with Crippen molar-refractivity contribution in [2.75, 3.05) is 7.05 Å². The smallest absolute Gasteiger partial charge is 0.101 e. The number of rotatable bonds is 8. The van der Waals surface area contributed by atoms with Gasteiger partial charge in [-0.05, 0) is 48.9 Å². The minimum atomic E-state index is 0.202. The number of nitriles is 1. The zero-order valence-corrected chi connectivity index (χ0v) is 19.1. The summed E-state index contributed by atoms with van der Waals surface area (Å²) in [5.74, 6) is 0.423. The summed E-state index contributed by atoms with van der Waals surface area (Å²) in [6, 6.07) is 10.3. The molecule has 0 spiro atoms. The van der Waals surface area contributed by atoms with Crippen LogP contribution in [0.5, 0.6) is 0 Å². The highest BCUT2D eigenvalue weighted by Crippen LogP contribution is 2.32. The van der Waals surface area contributed by atoms with E-state index in [0.29, 0.717) is 11.3 Å². The Balaban J connectivity index is 2.24. The minimum Gasteiger partial charge on any atom is -0.304 e. The maximum atomic E-state index is 9.44. The molecule has 0 fully saturated rings. The van der Waals surface area contributed by atoms with Crippen LogP contribution in [-0.2, 0) is 0 Å². The summed E-state index contributed by atoms with van der Waals surface area (Å²) in [5, 5.41) is 19.4. The van der Waals surface area contributed by atoms with E-state index in [-0.39, 0.29) is 11.8 Å². The third-order valence-electron chi connectivity index (χ3n) is 4.54. The van der Waals surface area contributed by atoms with Crippen LogP contribution in [0.15, 0.2) is 40.7 Å². The average Bonchev–Trinajstić information content (AvgIpc) is 3.35. The van der Waals surface area contributed by atoms with Gasteiger partial charge in [0, 0.05) is 38.2 Å². The van der Waals surface area contributed by atoms with Gasteiger partial charge in [-0.3, -0.25) is 4.99 Å². The van der Waals surface area contributed by atoms with Crippen LogP contribution in [0.1, 0.15) is 41.8 Å². The summed E-state index contributed by atoms with van der Waals surface area (Å²) in [6.45, 7) is 6.07. The van der Waals surface area contributed by atoms with E-state index >= 15 is 0 Å². The lowest BCUT2D eigenvalue weighted by Gasteiger charge is -2.22. The molecule has 2 aromatic heterocycles. The van der Waals surface area contributed by atoms with Gasteiger partial charge in [-0.2, -0.15) is 5.26 Å². The van der Waals surface area contributed by atoms with E-state index in [0.717, 1.165) is 31.7 Å². The van der Waals surface area contributed by atoms with Crippen LogP contribution in [0.2, 0.25) is 0 Å². The van der Waals surface area contributed by atoms with Crippen LogP contribution in [-0.4, -0.2) is 18.5 Å². The number of hydrogen-bond donors (Lipinski definition) is 2. The van der Waals surface area contributed by atoms with Crippen molar-refractivity contribution in [3.63, 3.8) is 0 Å². The van der Waals surface area contributed by atoms with Crippen molar-refractivity contribution in [2.24, 2.45) is 16.8 Å². The van der Waals surface area contributed by atoms with Crippen LogP contribution in [0.4, 0.5) is 0 Å². The van der Waals surface area contributed by atoms with E-state index < -0.39 is 0 Å². The summed E-state index contributed by atoms with van der Waals surface area (Å²) >= 11 is 7.91. The molecule has 0 radical (unpaired) electrons. The van der Waals surface area contributed by atoms with Gasteiger partial charge in [0.25, 0.3) is 0 Å². The van der Waals surface area contributed by atoms with Crippen LogP contribution in [0.25, 0.3) is 16.6 Å². The van der Waals surface area contributed by atoms with E-state index in [2.05, 4.69) is 31.0 Å². The molecule has 0 saturated carbocycles. The molecule has 0 aliphatic carbocycles. The van der Waals surface area contributed by atoms with Gasteiger partial charge in [-0.1, -0.05) is 26.0 Å². The Labute approximate surface area is 181 Å². The molecule has 0 aromatic carbocycles. The second kappa shape index (κ2) is 10.6. The number of thiophene rings is 2. The highest BCUT2D eigenvalue weighted by atomic mass is 32.1.